The first-order chi connectivity index (χ1) is 8.90. The fourth-order valence-electron chi connectivity index (χ4n) is 2.30. The van der Waals surface area contributed by atoms with Gasteiger partial charge in [-0.2, -0.15) is 5.10 Å². The van der Waals surface area contributed by atoms with Crippen molar-refractivity contribution in [3.8, 4) is 11.3 Å². The average Bonchev–Trinajstić information content (AvgIpc) is 2.57. The number of halogens is 1. The second-order valence-corrected chi connectivity index (χ2v) is 5.39. The number of hydrogen-bond donors (Lipinski definition) is 1. The van der Waals surface area contributed by atoms with E-state index in [-0.39, 0.29) is 5.82 Å². The van der Waals surface area contributed by atoms with Crippen molar-refractivity contribution in [1.82, 2.24) is 9.78 Å². The lowest BCUT2D eigenvalue weighted by Crippen LogP contribution is -2.02. The van der Waals surface area contributed by atoms with Crippen molar-refractivity contribution in [2.75, 3.05) is 5.73 Å². The van der Waals surface area contributed by atoms with Crippen LogP contribution in [0.25, 0.3) is 11.3 Å². The highest BCUT2D eigenvalue weighted by Gasteiger charge is 2.18. The third-order valence-corrected chi connectivity index (χ3v) is 3.25. The molecule has 0 aliphatic heterocycles. The molecule has 0 spiro atoms. The standard InChI is InChI=1S/C15H20FN3/c1-9(2)7-13-14(18-19(4)15(13)17)12-6-5-11(16)8-10(12)3/h5-6,8-9H,7,17H2,1-4H3. The van der Waals surface area contributed by atoms with Crippen LogP contribution in [-0.4, -0.2) is 9.78 Å². The van der Waals surface area contributed by atoms with Crippen LogP contribution in [-0.2, 0) is 13.5 Å². The zero-order chi connectivity index (χ0) is 14.2. The van der Waals surface area contributed by atoms with E-state index in [1.165, 1.54) is 12.1 Å². The summed E-state index contributed by atoms with van der Waals surface area (Å²) in [5.41, 5.74) is 9.84. The molecule has 1 heterocycles. The van der Waals surface area contributed by atoms with Gasteiger partial charge in [-0.05, 0) is 43.0 Å². The summed E-state index contributed by atoms with van der Waals surface area (Å²) in [6.45, 7) is 6.18. The van der Waals surface area contributed by atoms with E-state index in [0.717, 1.165) is 28.8 Å². The second kappa shape index (κ2) is 5.03. The molecule has 0 aliphatic rings. The summed E-state index contributed by atoms with van der Waals surface area (Å²) in [6.07, 6.45) is 0.867. The van der Waals surface area contributed by atoms with Crippen LogP contribution in [0.15, 0.2) is 18.2 Å². The minimum absolute atomic E-state index is 0.226. The number of benzene rings is 1. The van der Waals surface area contributed by atoms with E-state index in [0.29, 0.717) is 11.7 Å². The van der Waals surface area contributed by atoms with Crippen molar-refractivity contribution in [2.24, 2.45) is 13.0 Å². The Bertz CT molecular complexity index is 600. The largest absolute Gasteiger partial charge is 0.384 e. The molecule has 0 fully saturated rings. The second-order valence-electron chi connectivity index (χ2n) is 5.39. The first-order valence-corrected chi connectivity index (χ1v) is 6.48. The molecule has 1 aromatic carbocycles. The van der Waals surface area contributed by atoms with Crippen LogP contribution >= 0.6 is 0 Å². The lowest BCUT2D eigenvalue weighted by molar-refractivity contribution is 0.626. The molecule has 1 aromatic heterocycles. The van der Waals surface area contributed by atoms with Crippen LogP contribution in [0.3, 0.4) is 0 Å². The lowest BCUT2D eigenvalue weighted by Gasteiger charge is -2.08. The van der Waals surface area contributed by atoms with Gasteiger partial charge < -0.3 is 5.73 Å². The molecule has 3 nitrogen and oxygen atoms in total. The summed E-state index contributed by atoms with van der Waals surface area (Å²) in [4.78, 5) is 0. The summed E-state index contributed by atoms with van der Waals surface area (Å²) < 4.78 is 14.9. The zero-order valence-corrected chi connectivity index (χ0v) is 11.9. The number of aromatic nitrogens is 2. The Balaban J connectivity index is 2.58. The topological polar surface area (TPSA) is 43.8 Å². The maximum Gasteiger partial charge on any atom is 0.125 e. The molecule has 19 heavy (non-hydrogen) atoms. The average molecular weight is 261 g/mol. The predicted octanol–water partition coefficient (Wildman–Crippen LogP) is 3.32. The van der Waals surface area contributed by atoms with E-state index in [1.54, 1.807) is 10.7 Å². The summed E-state index contributed by atoms with van der Waals surface area (Å²) in [6, 6.07) is 4.77. The minimum Gasteiger partial charge on any atom is -0.384 e. The van der Waals surface area contributed by atoms with Crippen molar-refractivity contribution in [3.05, 3.63) is 35.1 Å². The molecule has 0 saturated heterocycles. The molecule has 4 heteroatoms. The molecule has 0 saturated carbocycles. The van der Waals surface area contributed by atoms with Gasteiger partial charge in [0.25, 0.3) is 0 Å². The van der Waals surface area contributed by atoms with Gasteiger partial charge in [-0.15, -0.1) is 0 Å². The molecule has 0 atom stereocenters. The van der Waals surface area contributed by atoms with E-state index in [2.05, 4.69) is 18.9 Å². The van der Waals surface area contributed by atoms with E-state index in [4.69, 9.17) is 5.73 Å². The molecular weight excluding hydrogens is 241 g/mol. The summed E-state index contributed by atoms with van der Waals surface area (Å²) in [5, 5.41) is 4.49. The molecular formula is C15H20FN3. The number of anilines is 1. The highest BCUT2D eigenvalue weighted by atomic mass is 19.1. The summed E-state index contributed by atoms with van der Waals surface area (Å²) in [7, 11) is 1.83. The minimum atomic E-state index is -0.226. The van der Waals surface area contributed by atoms with Gasteiger partial charge in [-0.25, -0.2) is 4.39 Å². The summed E-state index contributed by atoms with van der Waals surface area (Å²) in [5.74, 6) is 0.953. The zero-order valence-electron chi connectivity index (χ0n) is 11.9. The lowest BCUT2D eigenvalue weighted by atomic mass is 9.97. The third kappa shape index (κ3) is 2.62. The Morgan fingerprint density at radius 3 is 2.63 bits per heavy atom. The SMILES string of the molecule is Cc1cc(F)ccc1-c1nn(C)c(N)c1CC(C)C. The maximum absolute atomic E-state index is 13.2. The van der Waals surface area contributed by atoms with E-state index >= 15 is 0 Å². The first-order valence-electron chi connectivity index (χ1n) is 6.48. The van der Waals surface area contributed by atoms with Crippen molar-refractivity contribution in [2.45, 2.75) is 27.2 Å². The highest BCUT2D eigenvalue weighted by Crippen LogP contribution is 2.31. The third-order valence-electron chi connectivity index (χ3n) is 3.25. The van der Waals surface area contributed by atoms with Crippen molar-refractivity contribution in [1.29, 1.82) is 0 Å². The Morgan fingerprint density at radius 2 is 2.05 bits per heavy atom. The molecule has 2 N–H and O–H groups in total. The van der Waals surface area contributed by atoms with E-state index in [1.807, 2.05) is 14.0 Å². The smallest absolute Gasteiger partial charge is 0.125 e. The van der Waals surface area contributed by atoms with Gasteiger partial charge in [0, 0.05) is 18.2 Å². The van der Waals surface area contributed by atoms with Crippen molar-refractivity contribution < 1.29 is 4.39 Å². The Kier molecular flexibility index (Phi) is 3.60. The van der Waals surface area contributed by atoms with Crippen LogP contribution < -0.4 is 5.73 Å². The van der Waals surface area contributed by atoms with Crippen molar-refractivity contribution in [3.63, 3.8) is 0 Å². The number of rotatable bonds is 3. The van der Waals surface area contributed by atoms with Gasteiger partial charge in [-0.3, -0.25) is 4.68 Å². The predicted molar refractivity (Wildman–Crippen MR) is 76.3 cm³/mol. The van der Waals surface area contributed by atoms with Crippen LogP contribution in [0, 0.1) is 18.7 Å². The summed E-state index contributed by atoms with van der Waals surface area (Å²) >= 11 is 0. The number of aryl methyl sites for hydroxylation is 2. The van der Waals surface area contributed by atoms with Crippen LogP contribution in [0.1, 0.15) is 25.0 Å². The molecule has 2 aromatic rings. The first kappa shape index (κ1) is 13.6. The number of nitrogen functional groups attached to an aromatic ring is 1. The molecule has 0 radical (unpaired) electrons. The van der Waals surface area contributed by atoms with Gasteiger partial charge in [0.1, 0.15) is 11.6 Å². The molecule has 0 bridgehead atoms. The van der Waals surface area contributed by atoms with Gasteiger partial charge in [0.05, 0.1) is 5.69 Å². The molecule has 0 unspecified atom stereocenters. The van der Waals surface area contributed by atoms with Gasteiger partial charge in [0.2, 0.25) is 0 Å². The van der Waals surface area contributed by atoms with Crippen LogP contribution in [0.4, 0.5) is 10.2 Å². The normalized spacial score (nSPS) is 11.3. The van der Waals surface area contributed by atoms with E-state index in [9.17, 15) is 4.39 Å². The van der Waals surface area contributed by atoms with Gasteiger partial charge >= 0.3 is 0 Å². The number of nitrogens with zero attached hydrogens (tertiary/aromatic N) is 2. The fourth-order valence-corrected chi connectivity index (χ4v) is 2.30. The quantitative estimate of drug-likeness (QED) is 0.921. The Hall–Kier alpha value is -1.84. The molecule has 102 valence electrons. The van der Waals surface area contributed by atoms with Gasteiger partial charge in [0.15, 0.2) is 0 Å². The maximum atomic E-state index is 13.2. The van der Waals surface area contributed by atoms with Crippen LogP contribution in [0.5, 0.6) is 0 Å². The monoisotopic (exact) mass is 261 g/mol. The highest BCUT2D eigenvalue weighted by molar-refractivity contribution is 5.71. The van der Waals surface area contributed by atoms with Gasteiger partial charge in [-0.1, -0.05) is 13.8 Å². The molecule has 0 aliphatic carbocycles. The number of nitrogens with two attached hydrogens (primary N) is 1. The number of hydrogen-bond acceptors (Lipinski definition) is 2. The Morgan fingerprint density at radius 1 is 1.37 bits per heavy atom. The van der Waals surface area contributed by atoms with Crippen molar-refractivity contribution >= 4 is 5.82 Å². The van der Waals surface area contributed by atoms with E-state index < -0.39 is 0 Å². The Labute approximate surface area is 113 Å². The molecule has 2 rings (SSSR count). The fraction of sp³-hybridized carbons (Fsp3) is 0.400. The van der Waals surface area contributed by atoms with Crippen LogP contribution in [0.2, 0.25) is 0 Å². The molecule has 0 amide bonds.